The number of benzene rings is 1. The largest absolute Gasteiger partial charge is 0.442 e. The van der Waals surface area contributed by atoms with Gasteiger partial charge in [0.15, 0.2) is 0 Å². The molecule has 0 unspecified atom stereocenters. The summed E-state index contributed by atoms with van der Waals surface area (Å²) in [5, 5.41) is 2.76. The smallest absolute Gasteiger partial charge is 0.265 e. The monoisotopic (exact) mass is 390 g/mol. The zero-order chi connectivity index (χ0) is 19.9. The Morgan fingerprint density at radius 1 is 1.26 bits per heavy atom. The van der Waals surface area contributed by atoms with E-state index in [9.17, 15) is 18.0 Å². The van der Waals surface area contributed by atoms with E-state index < -0.39 is 21.5 Å². The van der Waals surface area contributed by atoms with Gasteiger partial charge in [0.1, 0.15) is 17.5 Å². The second kappa shape index (κ2) is 6.54. The maximum atomic E-state index is 12.8. The Kier molecular flexibility index (Phi) is 4.52. The fourth-order valence-electron chi connectivity index (χ4n) is 2.66. The highest BCUT2D eigenvalue weighted by Gasteiger charge is 2.22. The molecule has 0 atom stereocenters. The summed E-state index contributed by atoms with van der Waals surface area (Å²) in [6.07, 6.45) is 2.36. The number of nitrogens with zero attached hydrogens (tertiary/aromatic N) is 2. The number of nitrogens with one attached hydrogen (secondary N) is 2. The van der Waals surface area contributed by atoms with Gasteiger partial charge in [0, 0.05) is 12.7 Å². The lowest BCUT2D eigenvalue weighted by Gasteiger charge is -2.11. The fourth-order valence-corrected chi connectivity index (χ4v) is 3.28. The van der Waals surface area contributed by atoms with Crippen molar-refractivity contribution < 1.29 is 17.6 Å². The predicted molar refractivity (Wildman–Crippen MR) is 102 cm³/mol. The number of hydrogen-bond acceptors (Lipinski definition) is 6. The molecule has 27 heavy (non-hydrogen) atoms. The van der Waals surface area contributed by atoms with Crippen LogP contribution >= 0.6 is 0 Å². The van der Waals surface area contributed by atoms with Gasteiger partial charge in [-0.3, -0.25) is 14.3 Å². The summed E-state index contributed by atoms with van der Waals surface area (Å²) >= 11 is 0. The molecule has 0 aliphatic heterocycles. The van der Waals surface area contributed by atoms with Crippen LogP contribution in [0, 0.1) is 13.8 Å². The number of amides is 1. The SMILES string of the molecule is Cc1ccc(NC(=O)c2c(C)oc3ncn(C)c(=O)c23)cc1NS(C)(=O)=O. The van der Waals surface area contributed by atoms with E-state index in [2.05, 4.69) is 15.0 Å². The molecule has 9 nitrogen and oxygen atoms in total. The molecule has 3 rings (SSSR count). The first-order valence-electron chi connectivity index (χ1n) is 7.91. The van der Waals surface area contributed by atoms with Gasteiger partial charge in [0.25, 0.3) is 11.5 Å². The van der Waals surface area contributed by atoms with Gasteiger partial charge in [-0.1, -0.05) is 6.07 Å². The van der Waals surface area contributed by atoms with Crippen LogP contribution in [-0.4, -0.2) is 30.1 Å². The Morgan fingerprint density at radius 2 is 1.96 bits per heavy atom. The van der Waals surface area contributed by atoms with E-state index >= 15 is 0 Å². The summed E-state index contributed by atoms with van der Waals surface area (Å²) in [6.45, 7) is 3.31. The highest BCUT2D eigenvalue weighted by Crippen LogP contribution is 2.25. The summed E-state index contributed by atoms with van der Waals surface area (Å²) < 4.78 is 32.0. The van der Waals surface area contributed by atoms with Gasteiger partial charge in [-0.25, -0.2) is 13.4 Å². The quantitative estimate of drug-likeness (QED) is 0.700. The van der Waals surface area contributed by atoms with Crippen LogP contribution in [0.15, 0.2) is 33.7 Å². The first-order chi connectivity index (χ1) is 12.6. The summed E-state index contributed by atoms with van der Waals surface area (Å²) in [7, 11) is -1.93. The van der Waals surface area contributed by atoms with Crippen molar-refractivity contribution in [2.75, 3.05) is 16.3 Å². The highest BCUT2D eigenvalue weighted by molar-refractivity contribution is 7.92. The second-order valence-electron chi connectivity index (χ2n) is 6.23. The fraction of sp³-hybridized carbons (Fsp3) is 0.235. The van der Waals surface area contributed by atoms with Gasteiger partial charge in [-0.15, -0.1) is 0 Å². The Labute approximate surface area is 155 Å². The number of aryl methyl sites for hydroxylation is 3. The number of rotatable bonds is 4. The van der Waals surface area contributed by atoms with Gasteiger partial charge >= 0.3 is 0 Å². The van der Waals surface area contributed by atoms with Crippen LogP contribution in [0.5, 0.6) is 0 Å². The van der Waals surface area contributed by atoms with Crippen LogP contribution in [-0.2, 0) is 17.1 Å². The van der Waals surface area contributed by atoms with E-state index in [1.54, 1.807) is 26.0 Å². The van der Waals surface area contributed by atoms with Crippen molar-refractivity contribution in [2.45, 2.75) is 13.8 Å². The van der Waals surface area contributed by atoms with Crippen molar-refractivity contribution in [3.8, 4) is 0 Å². The van der Waals surface area contributed by atoms with Crippen LogP contribution in [0.1, 0.15) is 21.7 Å². The van der Waals surface area contributed by atoms with Gasteiger partial charge in [0.05, 0.1) is 17.5 Å². The molecule has 142 valence electrons. The van der Waals surface area contributed by atoms with Crippen molar-refractivity contribution in [3.63, 3.8) is 0 Å². The molecule has 0 spiro atoms. The molecule has 0 saturated carbocycles. The van der Waals surface area contributed by atoms with Crippen LogP contribution in [0.2, 0.25) is 0 Å². The van der Waals surface area contributed by atoms with Crippen molar-refractivity contribution in [1.29, 1.82) is 0 Å². The molecule has 0 bridgehead atoms. The van der Waals surface area contributed by atoms with Gasteiger partial charge in [-0.2, -0.15) is 0 Å². The minimum atomic E-state index is -3.46. The number of hydrogen-bond donors (Lipinski definition) is 2. The van der Waals surface area contributed by atoms with E-state index in [4.69, 9.17) is 4.42 Å². The minimum Gasteiger partial charge on any atom is -0.442 e. The topological polar surface area (TPSA) is 123 Å². The number of aromatic nitrogens is 2. The molecule has 0 radical (unpaired) electrons. The van der Waals surface area contributed by atoms with Crippen LogP contribution in [0.25, 0.3) is 11.1 Å². The highest BCUT2D eigenvalue weighted by atomic mass is 32.2. The second-order valence-corrected chi connectivity index (χ2v) is 7.98. The molecular formula is C17H18N4O5S. The molecule has 0 saturated heterocycles. The molecule has 10 heteroatoms. The molecule has 2 aromatic heterocycles. The Morgan fingerprint density at radius 3 is 2.63 bits per heavy atom. The molecule has 2 N–H and O–H groups in total. The number of carbonyl (C=O) groups is 1. The zero-order valence-corrected chi connectivity index (χ0v) is 16.0. The zero-order valence-electron chi connectivity index (χ0n) is 15.2. The van der Waals surface area contributed by atoms with Crippen LogP contribution in [0.3, 0.4) is 0 Å². The summed E-state index contributed by atoms with van der Waals surface area (Å²) in [5.74, 6) is -0.287. The van der Waals surface area contributed by atoms with Crippen molar-refractivity contribution in [1.82, 2.24) is 9.55 Å². The lowest BCUT2D eigenvalue weighted by molar-refractivity contribution is 0.102. The normalized spacial score (nSPS) is 11.6. The van der Waals surface area contributed by atoms with E-state index in [1.807, 2.05) is 0 Å². The van der Waals surface area contributed by atoms with E-state index in [1.165, 1.54) is 24.0 Å². The van der Waals surface area contributed by atoms with Gasteiger partial charge in [-0.05, 0) is 31.5 Å². The Bertz CT molecular complexity index is 1220. The molecule has 1 amide bonds. The summed E-state index contributed by atoms with van der Waals surface area (Å²) in [4.78, 5) is 29.2. The first kappa shape index (κ1) is 18.6. The number of sulfonamides is 1. The molecule has 0 aliphatic carbocycles. The number of furan rings is 1. The van der Waals surface area contributed by atoms with Crippen molar-refractivity contribution in [3.05, 3.63) is 51.8 Å². The molecule has 0 aliphatic rings. The van der Waals surface area contributed by atoms with Crippen LogP contribution in [0.4, 0.5) is 11.4 Å². The number of anilines is 2. The summed E-state index contributed by atoms with van der Waals surface area (Å²) in [6, 6.07) is 4.81. The lowest BCUT2D eigenvalue weighted by Crippen LogP contribution is -2.20. The van der Waals surface area contributed by atoms with Crippen LogP contribution < -0.4 is 15.6 Å². The van der Waals surface area contributed by atoms with Gasteiger partial charge < -0.3 is 14.3 Å². The van der Waals surface area contributed by atoms with Crippen molar-refractivity contribution >= 4 is 38.4 Å². The molecular weight excluding hydrogens is 372 g/mol. The third-order valence-corrected chi connectivity index (χ3v) is 4.56. The maximum absolute atomic E-state index is 12.8. The predicted octanol–water partition coefficient (Wildman–Crippen LogP) is 1.77. The van der Waals surface area contributed by atoms with E-state index in [-0.39, 0.29) is 22.4 Å². The molecule has 1 aromatic carbocycles. The third-order valence-electron chi connectivity index (χ3n) is 3.97. The molecule has 0 fully saturated rings. The average molecular weight is 390 g/mol. The van der Waals surface area contributed by atoms with Crippen molar-refractivity contribution in [2.24, 2.45) is 7.05 Å². The van der Waals surface area contributed by atoms with E-state index in [0.29, 0.717) is 16.9 Å². The maximum Gasteiger partial charge on any atom is 0.265 e. The van der Waals surface area contributed by atoms with Gasteiger partial charge in [0.2, 0.25) is 15.7 Å². The number of fused-ring (bicyclic) bond motifs is 1. The third kappa shape index (κ3) is 3.70. The lowest BCUT2D eigenvalue weighted by atomic mass is 10.1. The Hall–Kier alpha value is -3.14. The molecule has 2 heterocycles. The van der Waals surface area contributed by atoms with E-state index in [0.717, 1.165) is 6.26 Å². The first-order valence-corrected chi connectivity index (χ1v) is 9.80. The summed E-state index contributed by atoms with van der Waals surface area (Å²) in [5.41, 5.74) is 1.20. The Balaban J connectivity index is 2.01. The standard InChI is InChI=1S/C17H18N4O5S/c1-9-5-6-11(7-12(9)20-27(4,24)25)19-15(22)13-10(2)26-16-14(13)17(23)21(3)8-18-16/h5-8,20H,1-4H3,(H,19,22). The molecule has 3 aromatic rings. The number of carbonyl (C=O) groups excluding carboxylic acids is 1. The average Bonchev–Trinajstić information content (AvgIpc) is 2.90. The minimum absolute atomic E-state index is 0.0871.